The fourth-order valence-electron chi connectivity index (χ4n) is 2.43. The van der Waals surface area contributed by atoms with Crippen molar-refractivity contribution in [1.82, 2.24) is 4.98 Å². The van der Waals surface area contributed by atoms with E-state index >= 15 is 0 Å². The van der Waals surface area contributed by atoms with Crippen LogP contribution in [0.25, 0.3) is 17.0 Å². The first-order valence-electron chi connectivity index (χ1n) is 8.10. The lowest BCUT2D eigenvalue weighted by Gasteiger charge is -2.07. The van der Waals surface area contributed by atoms with Gasteiger partial charge in [-0.05, 0) is 43.0 Å². The van der Waals surface area contributed by atoms with Gasteiger partial charge in [0.2, 0.25) is 0 Å². The van der Waals surface area contributed by atoms with Gasteiger partial charge in [-0.15, -0.1) is 11.8 Å². The number of carbonyl (C=O) groups excluding carboxylic acids is 1. The second-order valence-electron chi connectivity index (χ2n) is 5.85. The lowest BCUT2D eigenvalue weighted by molar-refractivity contribution is -0.138. The largest absolute Gasteiger partial charge is 0.458 e. The molecule has 0 fully saturated rings. The molecule has 0 spiro atoms. The maximum atomic E-state index is 11.9. The van der Waals surface area contributed by atoms with Crippen LogP contribution in [0.5, 0.6) is 0 Å². The van der Waals surface area contributed by atoms with Crippen molar-refractivity contribution in [2.45, 2.75) is 18.4 Å². The minimum atomic E-state index is -0.417. The lowest BCUT2D eigenvalue weighted by Crippen LogP contribution is -2.02. The number of halogens is 1. The third-order valence-corrected chi connectivity index (χ3v) is 4.96. The van der Waals surface area contributed by atoms with Crippen molar-refractivity contribution in [2.24, 2.45) is 0 Å². The SMILES string of the molecule is CSc1ccc2cc(COC(=O)/C=C/c3ccc(C)cc3)c(Cl)nc2c1. The number of aryl methyl sites for hydroxylation is 1. The number of nitrogens with zero attached hydrogens (tertiary/aromatic N) is 1. The second-order valence-corrected chi connectivity index (χ2v) is 7.09. The van der Waals surface area contributed by atoms with Crippen LogP contribution in [-0.2, 0) is 16.1 Å². The maximum absolute atomic E-state index is 11.9. The van der Waals surface area contributed by atoms with Crippen molar-refractivity contribution in [3.63, 3.8) is 0 Å². The van der Waals surface area contributed by atoms with Gasteiger partial charge in [0.25, 0.3) is 0 Å². The number of pyridine rings is 1. The van der Waals surface area contributed by atoms with Crippen LogP contribution in [0.1, 0.15) is 16.7 Å². The van der Waals surface area contributed by atoms with E-state index in [1.807, 2.05) is 61.7 Å². The molecule has 0 aliphatic heterocycles. The molecule has 26 heavy (non-hydrogen) atoms. The van der Waals surface area contributed by atoms with Gasteiger partial charge in [-0.1, -0.05) is 47.5 Å². The summed E-state index contributed by atoms with van der Waals surface area (Å²) in [4.78, 5) is 17.5. The zero-order valence-corrected chi connectivity index (χ0v) is 16.1. The number of hydrogen-bond donors (Lipinski definition) is 0. The molecule has 0 radical (unpaired) electrons. The Balaban J connectivity index is 1.67. The van der Waals surface area contributed by atoms with E-state index in [2.05, 4.69) is 4.98 Å². The molecular formula is C21H18ClNO2S. The van der Waals surface area contributed by atoms with Gasteiger partial charge < -0.3 is 4.74 Å². The zero-order valence-electron chi connectivity index (χ0n) is 14.5. The molecule has 0 amide bonds. The number of carbonyl (C=O) groups is 1. The number of fused-ring (bicyclic) bond motifs is 1. The molecule has 0 saturated heterocycles. The summed E-state index contributed by atoms with van der Waals surface area (Å²) in [5, 5.41) is 1.32. The molecule has 3 nitrogen and oxygen atoms in total. The molecule has 3 rings (SSSR count). The summed E-state index contributed by atoms with van der Waals surface area (Å²) in [7, 11) is 0. The van der Waals surface area contributed by atoms with Gasteiger partial charge in [0.1, 0.15) is 11.8 Å². The van der Waals surface area contributed by atoms with Crippen LogP contribution in [-0.4, -0.2) is 17.2 Å². The first-order chi connectivity index (χ1) is 12.5. The fourth-order valence-corrected chi connectivity index (χ4v) is 3.07. The van der Waals surface area contributed by atoms with Crippen LogP contribution in [0.2, 0.25) is 5.15 Å². The second kappa shape index (κ2) is 8.39. The van der Waals surface area contributed by atoms with Crippen LogP contribution >= 0.6 is 23.4 Å². The highest BCUT2D eigenvalue weighted by molar-refractivity contribution is 7.98. The van der Waals surface area contributed by atoms with Gasteiger partial charge in [0, 0.05) is 21.9 Å². The molecule has 0 unspecified atom stereocenters. The van der Waals surface area contributed by atoms with Gasteiger partial charge in [-0.3, -0.25) is 0 Å². The topological polar surface area (TPSA) is 39.2 Å². The average Bonchev–Trinajstić information content (AvgIpc) is 2.65. The molecular weight excluding hydrogens is 366 g/mol. The first-order valence-corrected chi connectivity index (χ1v) is 9.70. The smallest absolute Gasteiger partial charge is 0.331 e. The normalized spacial score (nSPS) is 11.2. The van der Waals surface area contributed by atoms with Gasteiger partial charge in [0.15, 0.2) is 0 Å². The van der Waals surface area contributed by atoms with E-state index in [9.17, 15) is 4.79 Å². The zero-order chi connectivity index (χ0) is 18.5. The Bertz CT molecular complexity index is 968. The quantitative estimate of drug-likeness (QED) is 0.246. The van der Waals surface area contributed by atoms with E-state index in [-0.39, 0.29) is 6.61 Å². The molecule has 1 aromatic heterocycles. The maximum Gasteiger partial charge on any atom is 0.331 e. The van der Waals surface area contributed by atoms with Crippen molar-refractivity contribution in [3.05, 3.63) is 76.5 Å². The number of thioether (sulfide) groups is 1. The molecule has 0 aliphatic carbocycles. The van der Waals surface area contributed by atoms with Gasteiger partial charge in [0.05, 0.1) is 5.52 Å². The van der Waals surface area contributed by atoms with Crippen LogP contribution in [0.15, 0.2) is 59.5 Å². The van der Waals surface area contributed by atoms with Gasteiger partial charge in [-0.2, -0.15) is 0 Å². The number of esters is 1. The minimum absolute atomic E-state index is 0.0864. The predicted octanol–water partition coefficient (Wildman–Crippen LogP) is 5.68. The molecule has 2 aromatic carbocycles. The summed E-state index contributed by atoms with van der Waals surface area (Å²) in [6.07, 6.45) is 5.16. The highest BCUT2D eigenvalue weighted by Crippen LogP contribution is 2.25. The molecule has 132 valence electrons. The summed E-state index contributed by atoms with van der Waals surface area (Å²) >= 11 is 7.89. The Morgan fingerprint density at radius 1 is 1.19 bits per heavy atom. The lowest BCUT2D eigenvalue weighted by atomic mass is 10.1. The van der Waals surface area contributed by atoms with Crippen LogP contribution in [0.4, 0.5) is 0 Å². The molecule has 1 heterocycles. The molecule has 0 atom stereocenters. The highest BCUT2D eigenvalue weighted by atomic mass is 35.5. The Morgan fingerprint density at radius 3 is 2.69 bits per heavy atom. The average molecular weight is 384 g/mol. The van der Waals surface area contributed by atoms with E-state index < -0.39 is 5.97 Å². The standard InChI is InChI=1S/C21H18ClNO2S/c1-14-3-5-15(6-4-14)7-10-20(24)25-13-17-11-16-8-9-18(26-2)12-19(16)23-21(17)22/h3-12H,13H2,1-2H3/b10-7+. The van der Waals surface area contributed by atoms with Crippen molar-refractivity contribution in [2.75, 3.05) is 6.26 Å². The minimum Gasteiger partial charge on any atom is -0.458 e. The third-order valence-electron chi connectivity index (χ3n) is 3.91. The summed E-state index contributed by atoms with van der Waals surface area (Å²) in [6.45, 7) is 2.11. The van der Waals surface area contributed by atoms with Gasteiger partial charge in [-0.25, -0.2) is 9.78 Å². The van der Waals surface area contributed by atoms with Crippen molar-refractivity contribution in [1.29, 1.82) is 0 Å². The number of rotatable bonds is 5. The number of ether oxygens (including phenoxy) is 1. The molecule has 3 aromatic rings. The van der Waals surface area contributed by atoms with Crippen molar-refractivity contribution < 1.29 is 9.53 Å². The van der Waals surface area contributed by atoms with Crippen LogP contribution < -0.4 is 0 Å². The van der Waals surface area contributed by atoms with Crippen molar-refractivity contribution in [3.8, 4) is 0 Å². The third kappa shape index (κ3) is 4.65. The van der Waals surface area contributed by atoms with E-state index in [1.165, 1.54) is 11.6 Å². The molecule has 0 bridgehead atoms. The number of benzene rings is 2. The molecule has 0 aliphatic rings. The Hall–Kier alpha value is -2.30. The van der Waals surface area contributed by atoms with E-state index in [1.54, 1.807) is 17.8 Å². The molecule has 0 N–H and O–H groups in total. The van der Waals surface area contributed by atoms with Crippen LogP contribution in [0, 0.1) is 6.92 Å². The summed E-state index contributed by atoms with van der Waals surface area (Å²) in [6, 6.07) is 15.8. The summed E-state index contributed by atoms with van der Waals surface area (Å²) in [5.74, 6) is -0.417. The van der Waals surface area contributed by atoms with E-state index in [4.69, 9.17) is 16.3 Å². The number of hydrogen-bond acceptors (Lipinski definition) is 4. The predicted molar refractivity (Wildman–Crippen MR) is 109 cm³/mol. The molecule has 5 heteroatoms. The Morgan fingerprint density at radius 2 is 1.96 bits per heavy atom. The van der Waals surface area contributed by atoms with Crippen molar-refractivity contribution >= 4 is 46.3 Å². The van der Waals surface area contributed by atoms with E-state index in [0.717, 1.165) is 21.4 Å². The van der Waals surface area contributed by atoms with Gasteiger partial charge >= 0.3 is 5.97 Å². The fraction of sp³-hybridized carbons (Fsp3) is 0.143. The summed E-state index contributed by atoms with van der Waals surface area (Å²) in [5.41, 5.74) is 3.64. The monoisotopic (exact) mass is 383 g/mol. The van der Waals surface area contributed by atoms with Crippen LogP contribution in [0.3, 0.4) is 0 Å². The Labute approximate surface area is 162 Å². The van der Waals surface area contributed by atoms with E-state index in [0.29, 0.717) is 10.7 Å². The summed E-state index contributed by atoms with van der Waals surface area (Å²) < 4.78 is 5.29. The first kappa shape index (κ1) is 18.5. The number of aromatic nitrogens is 1. The highest BCUT2D eigenvalue weighted by Gasteiger charge is 2.08. The molecule has 0 saturated carbocycles. The Kier molecular flexibility index (Phi) is 5.96.